The van der Waals surface area contributed by atoms with Crippen LogP contribution in [-0.2, 0) is 12.8 Å². The molecule has 2 saturated heterocycles. The molecule has 8 nitrogen and oxygen atoms in total. The Morgan fingerprint density at radius 2 is 1.58 bits per heavy atom. The fraction of sp³-hybridized carbons (Fsp3) is 0.441. The first-order chi connectivity index (χ1) is 21.1. The van der Waals surface area contributed by atoms with Crippen molar-refractivity contribution in [1.29, 1.82) is 0 Å². The summed E-state index contributed by atoms with van der Waals surface area (Å²) in [6.45, 7) is 4.19. The molecule has 43 heavy (non-hydrogen) atoms. The minimum atomic E-state index is -0.243. The van der Waals surface area contributed by atoms with Crippen LogP contribution in [0.3, 0.4) is 0 Å². The molecule has 1 aliphatic carbocycles. The van der Waals surface area contributed by atoms with Gasteiger partial charge in [0.25, 0.3) is 0 Å². The van der Waals surface area contributed by atoms with Crippen LogP contribution in [-0.4, -0.2) is 56.9 Å². The van der Waals surface area contributed by atoms with E-state index in [4.69, 9.17) is 10.7 Å². The second-order valence-electron chi connectivity index (χ2n) is 12.2. The molecule has 3 N–H and O–H groups in total. The van der Waals surface area contributed by atoms with Crippen molar-refractivity contribution in [3.63, 3.8) is 0 Å². The van der Waals surface area contributed by atoms with Crippen molar-refractivity contribution in [3.8, 4) is 16.9 Å². The molecule has 4 aromatic rings. The molecule has 0 atom stereocenters. The average molecular weight is 581 g/mol. The van der Waals surface area contributed by atoms with Crippen LogP contribution >= 0.6 is 0 Å². The third kappa shape index (κ3) is 5.95. The van der Waals surface area contributed by atoms with Crippen LogP contribution in [0.1, 0.15) is 62.6 Å². The van der Waals surface area contributed by atoms with Crippen LogP contribution in [0, 0.1) is 5.82 Å². The largest absolute Gasteiger partial charge is 0.369 e. The highest BCUT2D eigenvalue weighted by Crippen LogP contribution is 2.33. The van der Waals surface area contributed by atoms with Crippen molar-refractivity contribution >= 4 is 23.3 Å². The lowest BCUT2D eigenvalue weighted by atomic mass is 9.90. The van der Waals surface area contributed by atoms with Crippen LogP contribution in [0.25, 0.3) is 16.9 Å². The minimum Gasteiger partial charge on any atom is -0.369 e. The Morgan fingerprint density at radius 1 is 0.814 bits per heavy atom. The number of nitrogens with zero attached hydrogens (tertiary/aromatic N) is 6. The highest BCUT2D eigenvalue weighted by atomic mass is 19.1. The van der Waals surface area contributed by atoms with Gasteiger partial charge in [-0.2, -0.15) is 9.67 Å². The van der Waals surface area contributed by atoms with E-state index in [2.05, 4.69) is 55.5 Å². The van der Waals surface area contributed by atoms with Crippen molar-refractivity contribution in [3.05, 3.63) is 71.7 Å². The predicted octanol–water partition coefficient (Wildman–Crippen LogP) is 6.52. The van der Waals surface area contributed by atoms with Crippen LogP contribution in [0.5, 0.6) is 0 Å². The van der Waals surface area contributed by atoms with E-state index < -0.39 is 0 Å². The van der Waals surface area contributed by atoms with Crippen LogP contribution in [0.2, 0.25) is 0 Å². The molecule has 9 heteroatoms. The highest BCUT2D eigenvalue weighted by molar-refractivity contribution is 5.70. The Hall–Kier alpha value is -3.98. The maximum atomic E-state index is 15.3. The molecular formula is C34H41FN8. The molecule has 3 aliphatic rings. The molecule has 0 spiro atoms. The van der Waals surface area contributed by atoms with Crippen molar-refractivity contribution in [2.45, 2.75) is 70.3 Å². The van der Waals surface area contributed by atoms with Crippen LogP contribution in [0.15, 0.2) is 54.6 Å². The summed E-state index contributed by atoms with van der Waals surface area (Å²) in [5.41, 5.74) is 12.4. The number of hydrogen-bond donors (Lipinski definition) is 2. The second-order valence-corrected chi connectivity index (χ2v) is 12.2. The fourth-order valence-corrected chi connectivity index (χ4v) is 7.12. The molecule has 224 valence electrons. The van der Waals surface area contributed by atoms with Gasteiger partial charge in [0.2, 0.25) is 11.9 Å². The van der Waals surface area contributed by atoms with E-state index in [1.54, 1.807) is 4.68 Å². The maximum absolute atomic E-state index is 15.3. The normalized spacial score (nSPS) is 18.3. The molecule has 0 bridgehead atoms. The lowest BCUT2D eigenvalue weighted by Crippen LogP contribution is -2.44. The summed E-state index contributed by atoms with van der Waals surface area (Å²) in [5, 5.41) is 7.82. The molecule has 7 rings (SSSR count). The van der Waals surface area contributed by atoms with Gasteiger partial charge in [0.15, 0.2) is 5.82 Å². The fourth-order valence-electron chi connectivity index (χ4n) is 7.12. The summed E-state index contributed by atoms with van der Waals surface area (Å²) < 4.78 is 16.9. The minimum absolute atomic E-state index is 0.234. The number of nitrogens with one attached hydrogen (secondary N) is 1. The number of fused-ring (bicyclic) bond motifs is 1. The van der Waals surface area contributed by atoms with Gasteiger partial charge in [-0.1, -0.05) is 43.2 Å². The van der Waals surface area contributed by atoms with E-state index in [1.165, 1.54) is 62.4 Å². The number of nitrogens with two attached hydrogens (primary N) is 1. The van der Waals surface area contributed by atoms with E-state index in [0.29, 0.717) is 29.2 Å². The lowest BCUT2D eigenvalue weighted by Gasteiger charge is -2.37. The number of halogens is 1. The Morgan fingerprint density at radius 3 is 2.35 bits per heavy atom. The van der Waals surface area contributed by atoms with Gasteiger partial charge in [0.1, 0.15) is 5.82 Å². The third-order valence-electron chi connectivity index (χ3n) is 9.39. The van der Waals surface area contributed by atoms with Crippen LogP contribution in [0.4, 0.5) is 27.7 Å². The van der Waals surface area contributed by atoms with E-state index in [0.717, 1.165) is 56.5 Å². The number of rotatable bonds is 6. The Balaban J connectivity index is 1.11. The zero-order valence-electron chi connectivity index (χ0n) is 24.8. The highest BCUT2D eigenvalue weighted by Gasteiger charge is 2.27. The van der Waals surface area contributed by atoms with Gasteiger partial charge in [-0.05, 0) is 105 Å². The van der Waals surface area contributed by atoms with Gasteiger partial charge in [0.05, 0.1) is 5.69 Å². The summed E-state index contributed by atoms with van der Waals surface area (Å²) in [7, 11) is 0. The van der Waals surface area contributed by atoms with Crippen molar-refractivity contribution in [2.24, 2.45) is 0 Å². The van der Waals surface area contributed by atoms with Gasteiger partial charge in [0, 0.05) is 30.5 Å². The first kappa shape index (κ1) is 27.8. The monoisotopic (exact) mass is 580 g/mol. The van der Waals surface area contributed by atoms with Crippen LogP contribution < -0.4 is 16.0 Å². The summed E-state index contributed by atoms with van der Waals surface area (Å²) in [4.78, 5) is 14.3. The molecule has 2 aromatic carbocycles. The average Bonchev–Trinajstić information content (AvgIpc) is 3.68. The van der Waals surface area contributed by atoms with Gasteiger partial charge >= 0.3 is 0 Å². The quantitative estimate of drug-likeness (QED) is 0.269. The molecule has 2 fully saturated rings. The van der Waals surface area contributed by atoms with Gasteiger partial charge in [-0.3, -0.25) is 0 Å². The number of anilines is 4. The molecule has 4 heterocycles. The number of nitrogen functional groups attached to an aromatic ring is 1. The number of likely N-dealkylation sites (tertiary alicyclic amines) is 1. The topological polar surface area (TPSA) is 88.1 Å². The summed E-state index contributed by atoms with van der Waals surface area (Å²) in [6.07, 6.45) is 11.5. The lowest BCUT2D eigenvalue weighted by molar-refractivity contribution is 0.207. The van der Waals surface area contributed by atoms with E-state index >= 15 is 4.39 Å². The first-order valence-corrected chi connectivity index (χ1v) is 16.0. The number of aromatic nitrogens is 4. The van der Waals surface area contributed by atoms with Crippen molar-refractivity contribution < 1.29 is 4.39 Å². The number of pyridine rings is 1. The molecule has 0 saturated carbocycles. The van der Waals surface area contributed by atoms with Gasteiger partial charge in [-0.15, -0.1) is 5.10 Å². The maximum Gasteiger partial charge on any atom is 0.248 e. The standard InChI is InChI=1S/C34H41FN8/c35-29-22-25(14-15-31(29)42-20-16-26(17-21-42)41-18-8-9-19-41)37-34-39-33(36)43(40-34)32-23-28(24-10-4-3-5-11-24)27-12-6-1-2-7-13-30(27)38-32/h3-5,10-11,14-15,22-23,26H,1-2,6-9,12-13,16-21H2,(H3,36,37,39,40). The Labute approximate surface area is 253 Å². The second kappa shape index (κ2) is 12.3. The number of hydrogen-bond acceptors (Lipinski definition) is 7. The summed E-state index contributed by atoms with van der Waals surface area (Å²) in [6, 6.07) is 18.4. The summed E-state index contributed by atoms with van der Waals surface area (Å²) >= 11 is 0. The third-order valence-corrected chi connectivity index (χ3v) is 9.39. The van der Waals surface area contributed by atoms with Crippen molar-refractivity contribution in [2.75, 3.05) is 42.1 Å². The van der Waals surface area contributed by atoms with Crippen molar-refractivity contribution in [1.82, 2.24) is 24.6 Å². The summed E-state index contributed by atoms with van der Waals surface area (Å²) in [5.74, 6) is 0.951. The smallest absolute Gasteiger partial charge is 0.248 e. The molecule has 2 aliphatic heterocycles. The molecular weight excluding hydrogens is 539 g/mol. The molecule has 0 amide bonds. The first-order valence-electron chi connectivity index (χ1n) is 16.0. The number of benzene rings is 2. The van der Waals surface area contributed by atoms with E-state index in [9.17, 15) is 0 Å². The Kier molecular flexibility index (Phi) is 7.98. The predicted molar refractivity (Wildman–Crippen MR) is 171 cm³/mol. The van der Waals surface area contributed by atoms with Gasteiger partial charge in [-0.25, -0.2) is 9.37 Å². The SMILES string of the molecule is Nc1nc(Nc2ccc(N3CCC(N4CCCC4)CC3)c(F)c2)nn1-c1cc(-c2ccccc2)c2c(n1)CCCCCC2. The van der Waals surface area contributed by atoms with Gasteiger partial charge < -0.3 is 20.9 Å². The molecule has 2 aromatic heterocycles. The van der Waals surface area contributed by atoms with E-state index in [-0.39, 0.29) is 11.8 Å². The van der Waals surface area contributed by atoms with E-state index in [1.807, 2.05) is 18.2 Å². The number of aryl methyl sites for hydroxylation is 1. The number of piperidine rings is 1. The Bertz CT molecular complexity index is 1550. The molecule has 0 radical (unpaired) electrons. The zero-order chi connectivity index (χ0) is 29.2. The molecule has 0 unspecified atom stereocenters. The zero-order valence-corrected chi connectivity index (χ0v) is 24.8.